The van der Waals surface area contributed by atoms with E-state index in [9.17, 15) is 4.79 Å². The van der Waals surface area contributed by atoms with E-state index < -0.39 is 0 Å². The molecule has 0 amide bonds. The summed E-state index contributed by atoms with van der Waals surface area (Å²) in [6, 6.07) is 5.46. The van der Waals surface area contributed by atoms with Crippen molar-refractivity contribution in [3.8, 4) is 11.6 Å². The van der Waals surface area contributed by atoms with Gasteiger partial charge in [0.15, 0.2) is 11.4 Å². The lowest BCUT2D eigenvalue weighted by atomic mass is 9.85. The van der Waals surface area contributed by atoms with Crippen molar-refractivity contribution in [1.29, 1.82) is 5.41 Å². The van der Waals surface area contributed by atoms with Gasteiger partial charge >= 0.3 is 0 Å². The van der Waals surface area contributed by atoms with Gasteiger partial charge < -0.3 is 14.6 Å². The van der Waals surface area contributed by atoms with Crippen molar-refractivity contribution >= 4 is 11.4 Å². The molecule has 200 valence electrons. The third-order valence-electron chi connectivity index (χ3n) is 6.98. The Morgan fingerprint density at radius 2 is 1.81 bits per heavy atom. The minimum Gasteiger partial charge on any atom is -0.491 e. The van der Waals surface area contributed by atoms with Crippen LogP contribution in [0.3, 0.4) is 0 Å². The third-order valence-corrected chi connectivity index (χ3v) is 6.98. The summed E-state index contributed by atoms with van der Waals surface area (Å²) in [6.45, 7) is 10.4. The second-order valence-corrected chi connectivity index (χ2v) is 10.7. The summed E-state index contributed by atoms with van der Waals surface area (Å²) in [7, 11) is 0. The molecule has 0 saturated heterocycles. The molecule has 0 bridgehead atoms. The number of aryl methyl sites for hydroxylation is 1. The highest BCUT2D eigenvalue weighted by Gasteiger charge is 2.25. The minimum absolute atomic E-state index is 0.0369. The molecule has 2 aromatic heterocycles. The number of Topliss-reactive ketones (excluding diaryl/α,β-unsaturated/α-hetero) is 1. The van der Waals surface area contributed by atoms with Crippen molar-refractivity contribution in [2.24, 2.45) is 0 Å². The van der Waals surface area contributed by atoms with E-state index in [2.05, 4.69) is 44.8 Å². The van der Waals surface area contributed by atoms with Crippen LogP contribution in [0.15, 0.2) is 18.2 Å². The summed E-state index contributed by atoms with van der Waals surface area (Å²) in [5.41, 5.74) is 4.05. The second-order valence-electron chi connectivity index (χ2n) is 10.7. The van der Waals surface area contributed by atoms with Crippen LogP contribution in [-0.4, -0.2) is 49.6 Å². The van der Waals surface area contributed by atoms with Crippen LogP contribution in [-0.2, 0) is 24.8 Å². The van der Waals surface area contributed by atoms with E-state index in [1.165, 1.54) is 9.20 Å². The van der Waals surface area contributed by atoms with E-state index in [0.29, 0.717) is 22.8 Å². The molecule has 4 rings (SSSR count). The summed E-state index contributed by atoms with van der Waals surface area (Å²) in [5, 5.41) is 27.3. The maximum atomic E-state index is 13.4. The summed E-state index contributed by atoms with van der Waals surface area (Å²) >= 11 is 0. The molecule has 9 heteroatoms. The number of aromatic nitrogens is 4. The summed E-state index contributed by atoms with van der Waals surface area (Å²) < 4.78 is 14.8. The molecule has 0 unspecified atom stereocenters. The van der Waals surface area contributed by atoms with Crippen molar-refractivity contribution in [2.75, 3.05) is 13.2 Å². The molecular weight excluding hydrogens is 470 g/mol. The molecule has 0 spiro atoms. The SMILES string of the molecule is CCC(CC)Oc1nn2c(=N)n(CC(=O)c3cc(OCCO)cc(C(C)(C)C)c3)nc2c2c1CCCC2. The highest BCUT2D eigenvalue weighted by molar-refractivity contribution is 5.96. The van der Waals surface area contributed by atoms with Crippen molar-refractivity contribution < 1.29 is 19.4 Å². The number of nitrogens with zero attached hydrogens (tertiary/aromatic N) is 4. The van der Waals surface area contributed by atoms with E-state index in [4.69, 9.17) is 20.0 Å². The average molecular weight is 510 g/mol. The zero-order valence-corrected chi connectivity index (χ0v) is 22.6. The van der Waals surface area contributed by atoms with Gasteiger partial charge in [-0.15, -0.1) is 10.2 Å². The number of aliphatic hydroxyl groups excluding tert-OH is 1. The molecule has 0 fully saturated rings. The van der Waals surface area contributed by atoms with Crippen LogP contribution in [0.2, 0.25) is 0 Å². The van der Waals surface area contributed by atoms with E-state index in [0.717, 1.165) is 55.2 Å². The lowest BCUT2D eigenvalue weighted by Gasteiger charge is -2.22. The van der Waals surface area contributed by atoms with Crippen molar-refractivity contribution in [3.63, 3.8) is 0 Å². The first-order valence-electron chi connectivity index (χ1n) is 13.3. The van der Waals surface area contributed by atoms with Crippen LogP contribution >= 0.6 is 0 Å². The monoisotopic (exact) mass is 509 g/mol. The molecule has 2 heterocycles. The summed E-state index contributed by atoms with van der Waals surface area (Å²) in [4.78, 5) is 13.4. The minimum atomic E-state index is -0.196. The Hall–Kier alpha value is -3.20. The van der Waals surface area contributed by atoms with E-state index in [1.54, 1.807) is 6.07 Å². The quantitative estimate of drug-likeness (QED) is 0.399. The number of aliphatic hydroxyl groups is 1. The first kappa shape index (κ1) is 26.9. The molecule has 1 aliphatic rings. The predicted molar refractivity (Wildman–Crippen MR) is 141 cm³/mol. The largest absolute Gasteiger partial charge is 0.491 e. The van der Waals surface area contributed by atoms with Crippen molar-refractivity contribution in [3.05, 3.63) is 46.1 Å². The highest BCUT2D eigenvalue weighted by Crippen LogP contribution is 2.31. The number of hydrogen-bond acceptors (Lipinski definition) is 7. The molecule has 1 aliphatic carbocycles. The first-order chi connectivity index (χ1) is 17.7. The fraction of sp³-hybridized carbons (Fsp3) is 0.571. The zero-order chi connectivity index (χ0) is 26.7. The van der Waals surface area contributed by atoms with Crippen LogP contribution in [0.4, 0.5) is 0 Å². The fourth-order valence-corrected chi connectivity index (χ4v) is 4.72. The van der Waals surface area contributed by atoms with Gasteiger partial charge in [-0.2, -0.15) is 4.52 Å². The second kappa shape index (κ2) is 11.0. The van der Waals surface area contributed by atoms with Crippen LogP contribution in [0, 0.1) is 5.41 Å². The Kier molecular flexibility index (Phi) is 8.02. The maximum Gasteiger partial charge on any atom is 0.242 e. The van der Waals surface area contributed by atoms with Crippen LogP contribution in [0.25, 0.3) is 5.65 Å². The normalized spacial score (nSPS) is 13.7. The lowest BCUT2D eigenvalue weighted by Crippen LogP contribution is -2.27. The molecule has 1 aromatic carbocycles. The van der Waals surface area contributed by atoms with Gasteiger partial charge in [-0.1, -0.05) is 34.6 Å². The number of rotatable bonds is 10. The van der Waals surface area contributed by atoms with Gasteiger partial charge in [0, 0.05) is 16.7 Å². The van der Waals surface area contributed by atoms with Gasteiger partial charge in [-0.25, -0.2) is 4.68 Å². The molecule has 0 aliphatic heterocycles. The summed E-state index contributed by atoms with van der Waals surface area (Å²) in [5.74, 6) is 0.947. The Morgan fingerprint density at radius 3 is 2.46 bits per heavy atom. The number of hydrogen-bond donors (Lipinski definition) is 2. The van der Waals surface area contributed by atoms with E-state index >= 15 is 0 Å². The van der Waals surface area contributed by atoms with Crippen molar-refractivity contribution in [1.82, 2.24) is 19.4 Å². The van der Waals surface area contributed by atoms with E-state index in [1.807, 2.05) is 12.1 Å². The molecule has 37 heavy (non-hydrogen) atoms. The number of ketones is 1. The van der Waals surface area contributed by atoms with Crippen LogP contribution in [0.5, 0.6) is 11.6 Å². The smallest absolute Gasteiger partial charge is 0.242 e. The number of carbonyl (C=O) groups is 1. The molecule has 3 aromatic rings. The van der Waals surface area contributed by atoms with E-state index in [-0.39, 0.29) is 42.7 Å². The van der Waals surface area contributed by atoms with Gasteiger partial charge in [0.05, 0.1) is 12.7 Å². The molecule has 0 radical (unpaired) electrons. The molecule has 0 atom stereocenters. The van der Waals surface area contributed by atoms with Gasteiger partial charge in [0.1, 0.15) is 18.9 Å². The average Bonchev–Trinajstić information content (AvgIpc) is 3.20. The zero-order valence-electron chi connectivity index (χ0n) is 22.6. The molecule has 9 nitrogen and oxygen atoms in total. The Morgan fingerprint density at radius 1 is 1.11 bits per heavy atom. The Bertz CT molecular complexity index is 1330. The van der Waals surface area contributed by atoms with Gasteiger partial charge in [0.25, 0.3) is 0 Å². The van der Waals surface area contributed by atoms with Gasteiger partial charge in [-0.05, 0) is 67.7 Å². The molecule has 0 saturated carbocycles. The fourth-order valence-electron chi connectivity index (χ4n) is 4.72. The number of carbonyl (C=O) groups excluding carboxylic acids is 1. The Labute approximate surface area is 217 Å². The summed E-state index contributed by atoms with van der Waals surface area (Å²) in [6.07, 6.45) is 5.69. The topological polar surface area (TPSA) is 115 Å². The number of ether oxygens (including phenoxy) is 2. The van der Waals surface area contributed by atoms with Gasteiger partial charge in [0.2, 0.25) is 11.5 Å². The number of benzene rings is 1. The lowest BCUT2D eigenvalue weighted by molar-refractivity contribution is 0.0965. The maximum absolute atomic E-state index is 13.4. The molecular formula is C28H39N5O4. The number of nitrogens with one attached hydrogen (secondary N) is 1. The van der Waals surface area contributed by atoms with Gasteiger partial charge in [-0.3, -0.25) is 10.2 Å². The Balaban J connectivity index is 1.72. The van der Waals surface area contributed by atoms with Crippen molar-refractivity contribution in [2.45, 2.75) is 91.2 Å². The number of fused-ring (bicyclic) bond motifs is 3. The van der Waals surface area contributed by atoms with Crippen LogP contribution < -0.4 is 15.1 Å². The standard InChI is InChI=1S/C28H39N5O4/c1-6-20(7-2)37-26-23-11-9-8-10-22(23)25-30-32(27(29)33(25)31-26)17-24(35)18-14-19(28(3,4)5)16-21(15-18)36-13-12-34/h14-16,20,29,34H,6-13,17H2,1-5H3. The van der Waals surface area contributed by atoms with Crippen LogP contribution in [0.1, 0.15) is 87.4 Å². The highest BCUT2D eigenvalue weighted by atomic mass is 16.5. The molecule has 2 N–H and O–H groups in total. The third kappa shape index (κ3) is 5.71. The first-order valence-corrected chi connectivity index (χ1v) is 13.3. The predicted octanol–water partition coefficient (Wildman–Crippen LogP) is 4.01.